The number of benzene rings is 1. The van der Waals surface area contributed by atoms with Crippen LogP contribution in [0.4, 0.5) is 11.4 Å². The summed E-state index contributed by atoms with van der Waals surface area (Å²) in [6.07, 6.45) is 4.08. The van der Waals surface area contributed by atoms with Gasteiger partial charge < -0.3 is 16.0 Å². The molecule has 1 saturated heterocycles. The maximum absolute atomic E-state index is 6.15. The molecule has 1 aliphatic rings. The number of piperidine rings is 1. The Kier molecular flexibility index (Phi) is 5.61. The highest BCUT2D eigenvalue weighted by Gasteiger charge is 2.18. The van der Waals surface area contributed by atoms with E-state index in [0.29, 0.717) is 6.04 Å². The molecule has 1 fully saturated rings. The topological polar surface area (TPSA) is 54.2 Å². The minimum atomic E-state index is 0.500. The molecule has 1 aromatic heterocycles. The first-order chi connectivity index (χ1) is 10.6. The number of fused-ring (bicyclic) bond motifs is 1. The summed E-state index contributed by atoms with van der Waals surface area (Å²) in [7, 11) is 2.18. The second-order valence-corrected chi connectivity index (χ2v) is 5.83. The number of nitrogens with one attached hydrogen (secondary N) is 1. The average Bonchev–Trinajstić information content (AvgIpc) is 2.54. The molecule has 0 saturated carbocycles. The fraction of sp³-hybridized carbons (Fsp3) is 0.500. The second-order valence-electron chi connectivity index (χ2n) is 5.83. The van der Waals surface area contributed by atoms with Crippen molar-refractivity contribution < 1.29 is 0 Å². The van der Waals surface area contributed by atoms with Crippen LogP contribution < -0.4 is 11.1 Å². The number of anilines is 2. The van der Waals surface area contributed by atoms with Crippen LogP contribution in [0.15, 0.2) is 24.4 Å². The molecule has 2 heterocycles. The summed E-state index contributed by atoms with van der Waals surface area (Å²) in [5.41, 5.74) is 10.2. The number of hydrogen-bond donors (Lipinski definition) is 2. The highest BCUT2D eigenvalue weighted by molar-refractivity contribution is 5.97. The number of nitrogens with zero attached hydrogens (tertiary/aromatic N) is 2. The lowest BCUT2D eigenvalue weighted by Gasteiger charge is -2.30. The molecule has 2 aromatic rings. The zero-order valence-electron chi connectivity index (χ0n) is 14.2. The normalized spacial score (nSPS) is 16.2. The van der Waals surface area contributed by atoms with Gasteiger partial charge in [-0.2, -0.15) is 0 Å². The van der Waals surface area contributed by atoms with E-state index in [-0.39, 0.29) is 0 Å². The van der Waals surface area contributed by atoms with Gasteiger partial charge in [-0.3, -0.25) is 4.98 Å². The zero-order chi connectivity index (χ0) is 16.1. The molecule has 0 aliphatic carbocycles. The van der Waals surface area contributed by atoms with E-state index in [4.69, 9.17) is 5.73 Å². The van der Waals surface area contributed by atoms with Gasteiger partial charge in [0.15, 0.2) is 0 Å². The molecule has 0 radical (unpaired) electrons. The number of aryl methyl sites for hydroxylation is 1. The highest BCUT2D eigenvalue weighted by atomic mass is 15.1. The van der Waals surface area contributed by atoms with Crippen LogP contribution in [0.2, 0.25) is 0 Å². The van der Waals surface area contributed by atoms with Gasteiger partial charge in [-0.25, -0.2) is 0 Å². The molecule has 1 aliphatic heterocycles. The molecule has 0 bridgehead atoms. The third kappa shape index (κ3) is 3.69. The molecule has 0 spiro atoms. The molecular weight excluding hydrogens is 272 g/mol. The summed E-state index contributed by atoms with van der Waals surface area (Å²) >= 11 is 0. The Hall–Kier alpha value is -1.81. The molecular formula is C18H28N4. The third-order valence-corrected chi connectivity index (χ3v) is 4.12. The monoisotopic (exact) mass is 300 g/mol. The Bertz CT molecular complexity index is 611. The van der Waals surface area contributed by atoms with Crippen molar-refractivity contribution in [2.75, 3.05) is 31.2 Å². The molecule has 120 valence electrons. The second kappa shape index (κ2) is 7.45. The summed E-state index contributed by atoms with van der Waals surface area (Å²) in [6, 6.07) is 6.81. The smallest absolute Gasteiger partial charge is 0.0743 e. The van der Waals surface area contributed by atoms with E-state index < -0.39 is 0 Å². The average molecular weight is 300 g/mol. The first-order valence-electron chi connectivity index (χ1n) is 8.23. The molecule has 0 atom stereocenters. The van der Waals surface area contributed by atoms with Crippen molar-refractivity contribution in [3.63, 3.8) is 0 Å². The van der Waals surface area contributed by atoms with Crippen molar-refractivity contribution in [1.29, 1.82) is 0 Å². The van der Waals surface area contributed by atoms with Gasteiger partial charge in [0.05, 0.1) is 23.1 Å². The van der Waals surface area contributed by atoms with Gasteiger partial charge in [0.1, 0.15) is 0 Å². The molecule has 0 unspecified atom stereocenters. The van der Waals surface area contributed by atoms with Crippen molar-refractivity contribution in [2.45, 2.75) is 39.7 Å². The fourth-order valence-electron chi connectivity index (χ4n) is 2.84. The van der Waals surface area contributed by atoms with E-state index in [1.807, 2.05) is 13.8 Å². The van der Waals surface area contributed by atoms with E-state index in [9.17, 15) is 0 Å². The molecule has 1 aromatic carbocycles. The Morgan fingerprint density at radius 3 is 2.59 bits per heavy atom. The van der Waals surface area contributed by atoms with Crippen LogP contribution in [-0.4, -0.2) is 36.1 Å². The van der Waals surface area contributed by atoms with Crippen molar-refractivity contribution in [2.24, 2.45) is 0 Å². The lowest BCUT2D eigenvalue weighted by atomic mass is 10.0. The summed E-state index contributed by atoms with van der Waals surface area (Å²) < 4.78 is 0. The maximum atomic E-state index is 6.15. The van der Waals surface area contributed by atoms with Gasteiger partial charge in [-0.15, -0.1) is 0 Å². The molecule has 22 heavy (non-hydrogen) atoms. The minimum absolute atomic E-state index is 0.500. The SMILES string of the molecule is CC.Cc1ccc2ncc(N)c(NC3CCN(C)CC3)c2c1. The van der Waals surface area contributed by atoms with Crippen LogP contribution in [0, 0.1) is 6.92 Å². The first kappa shape index (κ1) is 16.6. The van der Waals surface area contributed by atoms with Crippen LogP contribution in [0.1, 0.15) is 32.3 Å². The van der Waals surface area contributed by atoms with Gasteiger partial charge in [-0.05, 0) is 52.0 Å². The van der Waals surface area contributed by atoms with Crippen molar-refractivity contribution in [3.05, 3.63) is 30.0 Å². The van der Waals surface area contributed by atoms with Crippen LogP contribution in [0.5, 0.6) is 0 Å². The Morgan fingerprint density at radius 2 is 1.91 bits per heavy atom. The lowest BCUT2D eigenvalue weighted by Crippen LogP contribution is -2.36. The number of nitrogens with two attached hydrogens (primary N) is 1. The number of nitrogen functional groups attached to an aromatic ring is 1. The summed E-state index contributed by atoms with van der Waals surface area (Å²) in [6.45, 7) is 8.38. The van der Waals surface area contributed by atoms with Gasteiger partial charge in [0.25, 0.3) is 0 Å². The zero-order valence-corrected chi connectivity index (χ0v) is 14.2. The number of likely N-dealkylation sites (tertiary alicyclic amines) is 1. The Labute approximate surface area is 133 Å². The predicted molar refractivity (Wildman–Crippen MR) is 96.4 cm³/mol. The summed E-state index contributed by atoms with van der Waals surface area (Å²) in [4.78, 5) is 6.79. The predicted octanol–water partition coefficient (Wildman–Crippen LogP) is 3.66. The van der Waals surface area contributed by atoms with Gasteiger partial charge in [0.2, 0.25) is 0 Å². The Morgan fingerprint density at radius 1 is 1.23 bits per heavy atom. The molecule has 3 rings (SSSR count). The molecule has 4 heteroatoms. The fourth-order valence-corrected chi connectivity index (χ4v) is 2.84. The van der Waals surface area contributed by atoms with E-state index >= 15 is 0 Å². The van der Waals surface area contributed by atoms with E-state index in [1.165, 1.54) is 5.56 Å². The van der Waals surface area contributed by atoms with Crippen LogP contribution in [0.3, 0.4) is 0 Å². The third-order valence-electron chi connectivity index (χ3n) is 4.12. The number of rotatable bonds is 2. The van der Waals surface area contributed by atoms with Gasteiger partial charge in [-0.1, -0.05) is 25.5 Å². The first-order valence-corrected chi connectivity index (χ1v) is 8.23. The lowest BCUT2D eigenvalue weighted by molar-refractivity contribution is 0.264. The Balaban J connectivity index is 0.000000847. The standard InChI is InChI=1S/C16H22N4.C2H6/c1-11-3-4-15-13(9-11)16(14(17)10-18-15)19-12-5-7-20(2)8-6-12;1-2/h3-4,9-10,12H,5-8,17H2,1-2H3,(H,18,19);1-2H3. The van der Waals surface area contributed by atoms with Gasteiger partial charge >= 0.3 is 0 Å². The molecule has 3 N–H and O–H groups in total. The summed E-state index contributed by atoms with van der Waals surface area (Å²) in [5.74, 6) is 0. The molecule has 4 nitrogen and oxygen atoms in total. The van der Waals surface area contributed by atoms with E-state index in [2.05, 4.69) is 47.4 Å². The van der Waals surface area contributed by atoms with E-state index in [0.717, 1.165) is 48.2 Å². The molecule has 0 amide bonds. The van der Waals surface area contributed by atoms with E-state index in [1.54, 1.807) is 6.20 Å². The van der Waals surface area contributed by atoms with Crippen molar-refractivity contribution >= 4 is 22.3 Å². The summed E-state index contributed by atoms with van der Waals surface area (Å²) in [5, 5.41) is 4.78. The van der Waals surface area contributed by atoms with Crippen molar-refractivity contribution in [3.8, 4) is 0 Å². The van der Waals surface area contributed by atoms with Crippen LogP contribution in [-0.2, 0) is 0 Å². The quantitative estimate of drug-likeness (QED) is 0.889. The van der Waals surface area contributed by atoms with Crippen molar-refractivity contribution in [1.82, 2.24) is 9.88 Å². The largest absolute Gasteiger partial charge is 0.396 e. The number of hydrogen-bond acceptors (Lipinski definition) is 4. The number of aromatic nitrogens is 1. The van der Waals surface area contributed by atoms with Crippen LogP contribution in [0.25, 0.3) is 10.9 Å². The van der Waals surface area contributed by atoms with Gasteiger partial charge in [0, 0.05) is 11.4 Å². The van der Waals surface area contributed by atoms with Crippen LogP contribution >= 0.6 is 0 Å². The highest BCUT2D eigenvalue weighted by Crippen LogP contribution is 2.30. The minimum Gasteiger partial charge on any atom is -0.396 e. The maximum Gasteiger partial charge on any atom is 0.0743 e. The number of pyridine rings is 1.